The van der Waals surface area contributed by atoms with Gasteiger partial charge in [0.25, 0.3) is 0 Å². The molecular weight excluding hydrogens is 570 g/mol. The summed E-state index contributed by atoms with van der Waals surface area (Å²) in [6.07, 6.45) is 11.7. The number of fused-ring (bicyclic) bond motifs is 7. The maximum atomic E-state index is 12.2. The molecule has 46 heavy (non-hydrogen) atoms. The lowest BCUT2D eigenvalue weighted by Crippen LogP contribution is -2.68. The largest absolute Gasteiger partial charge is 0.465 e. The van der Waals surface area contributed by atoms with Gasteiger partial charge in [-0.3, -0.25) is 9.59 Å². The lowest BCUT2D eigenvalue weighted by molar-refractivity contribution is -0.257. The van der Waals surface area contributed by atoms with E-state index in [0.717, 1.165) is 32.4 Å². The SMILES string of the molecule is C=C(C)[C@@H]1CC[C@]2(CNCc3ccccc3)CC[C@]3(C)C(CCC4[C@@]5(C)CC[C@H](OC(C)=O)[C@@](C)(COC(C)=O)[C@@H]5CC[C@]43C)C12. The molecule has 0 aliphatic heterocycles. The fourth-order valence-corrected chi connectivity index (χ4v) is 13.3. The molecule has 5 saturated carbocycles. The average Bonchev–Trinajstić information content (AvgIpc) is 3.39. The van der Waals surface area contributed by atoms with Crippen LogP contribution in [0.5, 0.6) is 0 Å². The van der Waals surface area contributed by atoms with Gasteiger partial charge in [0.15, 0.2) is 0 Å². The number of ether oxygens (including phenoxy) is 2. The molecule has 0 bridgehead atoms. The summed E-state index contributed by atoms with van der Waals surface area (Å²) in [5.74, 6) is 2.46. The number of esters is 2. The number of nitrogens with one attached hydrogen (secondary N) is 1. The highest BCUT2D eigenvalue weighted by Gasteiger charge is 2.71. The van der Waals surface area contributed by atoms with E-state index in [2.05, 4.69) is 76.8 Å². The first-order valence-electron chi connectivity index (χ1n) is 18.4. The molecule has 5 aliphatic carbocycles. The van der Waals surface area contributed by atoms with Crippen LogP contribution in [0.25, 0.3) is 0 Å². The third kappa shape index (κ3) is 5.21. The minimum atomic E-state index is -0.383. The zero-order valence-electron chi connectivity index (χ0n) is 29.9. The highest BCUT2D eigenvalue weighted by atomic mass is 16.6. The molecule has 0 aromatic heterocycles. The van der Waals surface area contributed by atoms with Gasteiger partial charge in [-0.05, 0) is 128 Å². The minimum absolute atomic E-state index is 0.113. The Hall–Kier alpha value is -2.14. The highest BCUT2D eigenvalue weighted by Crippen LogP contribution is 2.77. The zero-order valence-corrected chi connectivity index (χ0v) is 29.9. The Balaban J connectivity index is 1.30. The van der Waals surface area contributed by atoms with Gasteiger partial charge in [0, 0.05) is 32.4 Å². The Labute approximate surface area is 279 Å². The van der Waals surface area contributed by atoms with E-state index >= 15 is 0 Å². The van der Waals surface area contributed by atoms with Crippen molar-refractivity contribution in [1.29, 1.82) is 0 Å². The predicted molar refractivity (Wildman–Crippen MR) is 184 cm³/mol. The Bertz CT molecular complexity index is 1330. The summed E-state index contributed by atoms with van der Waals surface area (Å²) >= 11 is 0. The maximum absolute atomic E-state index is 12.2. The molecule has 6 rings (SSSR count). The monoisotopic (exact) mass is 631 g/mol. The number of hydrogen-bond donors (Lipinski definition) is 1. The molecule has 0 heterocycles. The van der Waals surface area contributed by atoms with Crippen LogP contribution in [0.15, 0.2) is 42.5 Å². The van der Waals surface area contributed by atoms with Crippen LogP contribution in [0.2, 0.25) is 0 Å². The first-order chi connectivity index (χ1) is 21.7. The summed E-state index contributed by atoms with van der Waals surface area (Å²) in [6, 6.07) is 10.9. The van der Waals surface area contributed by atoms with Gasteiger partial charge in [0.05, 0.1) is 0 Å². The molecule has 11 atom stereocenters. The number of carbonyl (C=O) groups excluding carboxylic acids is 2. The van der Waals surface area contributed by atoms with Crippen molar-refractivity contribution in [3.05, 3.63) is 48.0 Å². The molecule has 5 fully saturated rings. The van der Waals surface area contributed by atoms with Crippen molar-refractivity contribution in [1.82, 2.24) is 5.32 Å². The van der Waals surface area contributed by atoms with Crippen LogP contribution in [0.3, 0.4) is 0 Å². The molecule has 5 nitrogen and oxygen atoms in total. The van der Waals surface area contributed by atoms with E-state index in [-0.39, 0.29) is 39.7 Å². The van der Waals surface area contributed by atoms with Crippen LogP contribution in [0.4, 0.5) is 0 Å². The average molecular weight is 632 g/mol. The summed E-state index contributed by atoms with van der Waals surface area (Å²) in [5, 5.41) is 3.96. The van der Waals surface area contributed by atoms with E-state index in [1.54, 1.807) is 0 Å². The second-order valence-electron chi connectivity index (χ2n) is 17.6. The van der Waals surface area contributed by atoms with E-state index in [4.69, 9.17) is 9.47 Å². The van der Waals surface area contributed by atoms with Crippen LogP contribution in [0, 0.1) is 56.7 Å². The first-order valence-corrected chi connectivity index (χ1v) is 18.4. The minimum Gasteiger partial charge on any atom is -0.465 e. The molecule has 1 aromatic rings. The van der Waals surface area contributed by atoms with E-state index in [1.807, 2.05) is 0 Å². The number of rotatable bonds is 8. The van der Waals surface area contributed by atoms with Gasteiger partial charge in [-0.1, -0.05) is 70.2 Å². The van der Waals surface area contributed by atoms with E-state index < -0.39 is 0 Å². The third-order valence-electron chi connectivity index (χ3n) is 15.5. The Morgan fingerprint density at radius 2 is 1.57 bits per heavy atom. The van der Waals surface area contributed by atoms with Crippen molar-refractivity contribution in [2.75, 3.05) is 13.2 Å². The van der Waals surface area contributed by atoms with E-state index in [1.165, 1.54) is 69.9 Å². The summed E-state index contributed by atoms with van der Waals surface area (Å²) in [5.41, 5.74) is 3.35. The topological polar surface area (TPSA) is 64.6 Å². The van der Waals surface area contributed by atoms with Crippen LogP contribution >= 0.6 is 0 Å². The summed E-state index contributed by atoms with van der Waals surface area (Å²) in [4.78, 5) is 24.3. The Kier molecular flexibility index (Phi) is 8.86. The lowest BCUT2D eigenvalue weighted by atomic mass is 9.32. The first kappa shape index (κ1) is 33.7. The molecule has 254 valence electrons. The highest BCUT2D eigenvalue weighted by molar-refractivity contribution is 5.66. The van der Waals surface area contributed by atoms with E-state index in [9.17, 15) is 9.59 Å². The molecule has 5 heteroatoms. The van der Waals surface area contributed by atoms with Gasteiger partial charge >= 0.3 is 11.9 Å². The van der Waals surface area contributed by atoms with Crippen LogP contribution < -0.4 is 5.32 Å². The van der Waals surface area contributed by atoms with Crippen LogP contribution in [-0.2, 0) is 25.6 Å². The standard InChI is InChI=1S/C41H61NO4/c1-27(2)31-16-21-41(25-42-24-30-12-10-9-11-13-30)23-22-39(7)32(36(31)41)14-15-34-37(5)19-18-35(46-29(4)44)38(6,26-45-28(3)43)33(37)17-20-40(34,39)8/h9-13,31-36,42H,1,14-26H2,2-8H3/t31-,32?,33+,34?,35-,36?,37-,38-,39+,40+,41+/m0/s1. The number of benzene rings is 1. The van der Waals surface area contributed by atoms with E-state index in [0.29, 0.717) is 41.6 Å². The fourth-order valence-electron chi connectivity index (χ4n) is 13.3. The lowest BCUT2D eigenvalue weighted by Gasteiger charge is -2.73. The van der Waals surface area contributed by atoms with Crippen molar-refractivity contribution >= 4 is 11.9 Å². The fraction of sp³-hybridized carbons (Fsp3) is 0.756. The van der Waals surface area contributed by atoms with Gasteiger partial charge in [-0.15, -0.1) is 0 Å². The van der Waals surface area contributed by atoms with Crippen molar-refractivity contribution in [2.24, 2.45) is 56.7 Å². The van der Waals surface area contributed by atoms with Crippen LogP contribution in [-0.4, -0.2) is 31.2 Å². The zero-order chi connectivity index (χ0) is 33.1. The summed E-state index contributed by atoms with van der Waals surface area (Å²) in [7, 11) is 0. The Morgan fingerprint density at radius 1 is 0.826 bits per heavy atom. The number of carbonyl (C=O) groups is 2. The van der Waals surface area contributed by atoms with Crippen molar-refractivity contribution in [3.8, 4) is 0 Å². The third-order valence-corrected chi connectivity index (χ3v) is 15.5. The summed E-state index contributed by atoms with van der Waals surface area (Å²) < 4.78 is 11.8. The van der Waals surface area contributed by atoms with Crippen LogP contribution in [0.1, 0.15) is 118 Å². The molecular formula is C41H61NO4. The quantitative estimate of drug-likeness (QED) is 0.229. The van der Waals surface area contributed by atoms with Gasteiger partial charge < -0.3 is 14.8 Å². The smallest absolute Gasteiger partial charge is 0.302 e. The second kappa shape index (κ2) is 12.1. The molecule has 1 aromatic carbocycles. The predicted octanol–water partition coefficient (Wildman–Crippen LogP) is 8.91. The molecule has 0 amide bonds. The van der Waals surface area contributed by atoms with Gasteiger partial charge in [0.1, 0.15) is 12.7 Å². The maximum Gasteiger partial charge on any atom is 0.302 e. The van der Waals surface area contributed by atoms with Gasteiger partial charge in [0.2, 0.25) is 0 Å². The van der Waals surface area contributed by atoms with Crippen molar-refractivity contribution < 1.29 is 19.1 Å². The normalized spacial score (nSPS) is 44.6. The molecule has 0 saturated heterocycles. The molecule has 0 spiro atoms. The van der Waals surface area contributed by atoms with Gasteiger partial charge in [-0.2, -0.15) is 0 Å². The summed E-state index contributed by atoms with van der Waals surface area (Å²) in [6.45, 7) is 22.5. The molecule has 3 unspecified atom stereocenters. The second-order valence-corrected chi connectivity index (χ2v) is 17.6. The number of hydrogen-bond acceptors (Lipinski definition) is 5. The molecule has 1 N–H and O–H groups in total. The Morgan fingerprint density at radius 3 is 2.24 bits per heavy atom. The van der Waals surface area contributed by atoms with Crippen molar-refractivity contribution in [3.63, 3.8) is 0 Å². The molecule has 0 radical (unpaired) electrons. The molecule has 5 aliphatic rings. The van der Waals surface area contributed by atoms with Crippen molar-refractivity contribution in [2.45, 2.75) is 125 Å². The number of allylic oxidation sites excluding steroid dienone is 1. The van der Waals surface area contributed by atoms with Gasteiger partial charge in [-0.25, -0.2) is 0 Å².